The number of amides is 2. The molecule has 0 aromatic heterocycles. The molecule has 2 aromatic rings. The third-order valence-electron chi connectivity index (χ3n) is 3.31. The number of hydrogen-bond donors (Lipinski definition) is 2. The largest absolute Gasteiger partial charge is 0.326 e. The van der Waals surface area contributed by atoms with Crippen LogP contribution in [0.25, 0.3) is 0 Å². The fraction of sp³-hybridized carbons (Fsp3) is 0.222. The summed E-state index contributed by atoms with van der Waals surface area (Å²) in [4.78, 5) is 23.1. The second-order valence-corrected chi connectivity index (χ2v) is 5.11. The van der Waals surface area contributed by atoms with Crippen molar-refractivity contribution in [1.82, 2.24) is 0 Å². The van der Waals surface area contributed by atoms with Crippen LogP contribution >= 0.6 is 0 Å². The van der Waals surface area contributed by atoms with Gasteiger partial charge in [-0.3, -0.25) is 9.59 Å². The van der Waals surface area contributed by atoms with E-state index in [9.17, 15) is 9.59 Å². The van der Waals surface area contributed by atoms with Crippen LogP contribution in [0.15, 0.2) is 48.5 Å². The van der Waals surface area contributed by atoms with E-state index in [0.29, 0.717) is 6.42 Å². The van der Waals surface area contributed by atoms with Crippen molar-refractivity contribution >= 4 is 23.2 Å². The van der Waals surface area contributed by atoms with Crippen LogP contribution in [0.3, 0.4) is 0 Å². The molecule has 22 heavy (non-hydrogen) atoms. The van der Waals surface area contributed by atoms with E-state index >= 15 is 0 Å². The molecule has 2 aromatic carbocycles. The molecule has 0 saturated carbocycles. The summed E-state index contributed by atoms with van der Waals surface area (Å²) in [5.41, 5.74) is 3.62. The molecule has 0 unspecified atom stereocenters. The van der Waals surface area contributed by atoms with E-state index in [1.807, 2.05) is 36.4 Å². The summed E-state index contributed by atoms with van der Waals surface area (Å²) in [7, 11) is 0. The Morgan fingerprint density at radius 2 is 1.64 bits per heavy atom. The number of aryl methyl sites for hydroxylation is 1. The molecule has 0 aliphatic rings. The summed E-state index contributed by atoms with van der Waals surface area (Å²) in [5.74, 6) is -0.158. The third kappa shape index (κ3) is 4.45. The number of para-hydroxylation sites is 1. The summed E-state index contributed by atoms with van der Waals surface area (Å²) in [6.45, 7) is 3.53. The Kier molecular flexibility index (Phi) is 5.31. The zero-order valence-corrected chi connectivity index (χ0v) is 12.8. The number of nitrogens with one attached hydrogen (secondary N) is 2. The second kappa shape index (κ2) is 7.41. The van der Waals surface area contributed by atoms with E-state index < -0.39 is 0 Å². The molecule has 0 aliphatic heterocycles. The molecule has 2 amide bonds. The van der Waals surface area contributed by atoms with Gasteiger partial charge in [0.25, 0.3) is 0 Å². The number of carbonyl (C=O) groups excluding carboxylic acids is 2. The highest BCUT2D eigenvalue weighted by atomic mass is 16.2. The molecule has 4 heteroatoms. The number of benzene rings is 2. The Morgan fingerprint density at radius 3 is 2.27 bits per heavy atom. The quantitative estimate of drug-likeness (QED) is 0.888. The van der Waals surface area contributed by atoms with Crippen LogP contribution in [0.1, 0.15) is 25.0 Å². The van der Waals surface area contributed by atoms with Crippen LogP contribution in [0, 0.1) is 0 Å². The molecule has 2 N–H and O–H groups in total. The first-order chi connectivity index (χ1) is 10.6. The van der Waals surface area contributed by atoms with Gasteiger partial charge < -0.3 is 10.6 Å². The second-order valence-electron chi connectivity index (χ2n) is 5.11. The predicted molar refractivity (Wildman–Crippen MR) is 88.9 cm³/mol. The zero-order valence-electron chi connectivity index (χ0n) is 12.8. The first-order valence-corrected chi connectivity index (χ1v) is 7.32. The molecule has 0 bridgehead atoms. The summed E-state index contributed by atoms with van der Waals surface area (Å²) in [5, 5.41) is 5.65. The highest BCUT2D eigenvalue weighted by Gasteiger charge is 2.07. The minimum atomic E-state index is -0.110. The van der Waals surface area contributed by atoms with Crippen LogP contribution in [0.5, 0.6) is 0 Å². The molecule has 0 atom stereocenters. The first-order valence-electron chi connectivity index (χ1n) is 7.32. The summed E-state index contributed by atoms with van der Waals surface area (Å²) >= 11 is 0. The van der Waals surface area contributed by atoms with Gasteiger partial charge in [0.1, 0.15) is 0 Å². The molecule has 0 spiro atoms. The van der Waals surface area contributed by atoms with Crippen molar-refractivity contribution in [2.24, 2.45) is 0 Å². The third-order valence-corrected chi connectivity index (χ3v) is 3.31. The van der Waals surface area contributed by atoms with Gasteiger partial charge in [0, 0.05) is 18.3 Å². The molecule has 0 radical (unpaired) electrons. The maximum Gasteiger partial charge on any atom is 0.228 e. The Balaban J connectivity index is 1.98. The van der Waals surface area contributed by atoms with Crippen LogP contribution in [-0.2, 0) is 22.4 Å². The van der Waals surface area contributed by atoms with E-state index in [1.165, 1.54) is 6.92 Å². The van der Waals surface area contributed by atoms with E-state index in [2.05, 4.69) is 17.6 Å². The van der Waals surface area contributed by atoms with Gasteiger partial charge in [0.15, 0.2) is 0 Å². The van der Waals surface area contributed by atoms with Crippen molar-refractivity contribution in [1.29, 1.82) is 0 Å². The Labute approximate surface area is 130 Å². The van der Waals surface area contributed by atoms with Gasteiger partial charge in [-0.15, -0.1) is 0 Å². The highest BCUT2D eigenvalue weighted by molar-refractivity contribution is 5.93. The monoisotopic (exact) mass is 296 g/mol. The summed E-state index contributed by atoms with van der Waals surface area (Å²) < 4.78 is 0. The Bertz CT molecular complexity index is 663. The number of rotatable bonds is 5. The summed E-state index contributed by atoms with van der Waals surface area (Å²) in [6, 6.07) is 15.1. The van der Waals surface area contributed by atoms with Gasteiger partial charge >= 0.3 is 0 Å². The van der Waals surface area contributed by atoms with Gasteiger partial charge in [-0.25, -0.2) is 0 Å². The topological polar surface area (TPSA) is 58.2 Å². The first kappa shape index (κ1) is 15.8. The average Bonchev–Trinajstić information content (AvgIpc) is 2.49. The van der Waals surface area contributed by atoms with Crippen molar-refractivity contribution in [3.8, 4) is 0 Å². The molecule has 0 aliphatic carbocycles. The van der Waals surface area contributed by atoms with Gasteiger partial charge in [-0.05, 0) is 35.7 Å². The maximum atomic E-state index is 12.1. The van der Waals surface area contributed by atoms with Crippen molar-refractivity contribution < 1.29 is 9.59 Å². The summed E-state index contributed by atoms with van der Waals surface area (Å²) in [6.07, 6.45) is 1.18. The highest BCUT2D eigenvalue weighted by Crippen LogP contribution is 2.16. The minimum absolute atomic E-state index is 0.0480. The standard InChI is InChI=1S/C18H20N2O2/c1-3-15-6-4-5-7-17(15)20-18(22)12-14-8-10-16(11-9-14)19-13(2)21/h4-11H,3,12H2,1-2H3,(H,19,21)(H,20,22). The SMILES string of the molecule is CCc1ccccc1NC(=O)Cc1ccc(NC(C)=O)cc1. The van der Waals surface area contributed by atoms with Crippen LogP contribution in [0.2, 0.25) is 0 Å². The molecular weight excluding hydrogens is 276 g/mol. The Hall–Kier alpha value is -2.62. The van der Waals surface area contributed by atoms with E-state index in [4.69, 9.17) is 0 Å². The number of hydrogen-bond acceptors (Lipinski definition) is 2. The maximum absolute atomic E-state index is 12.1. The molecule has 4 nitrogen and oxygen atoms in total. The van der Waals surface area contributed by atoms with Crippen molar-refractivity contribution in [2.45, 2.75) is 26.7 Å². The zero-order chi connectivity index (χ0) is 15.9. The molecule has 0 saturated heterocycles. The molecule has 0 heterocycles. The van der Waals surface area contributed by atoms with Gasteiger partial charge in [0.2, 0.25) is 11.8 Å². The lowest BCUT2D eigenvalue weighted by molar-refractivity contribution is -0.116. The van der Waals surface area contributed by atoms with Crippen molar-refractivity contribution in [3.05, 3.63) is 59.7 Å². The fourth-order valence-corrected chi connectivity index (χ4v) is 2.24. The van der Waals surface area contributed by atoms with E-state index in [-0.39, 0.29) is 11.8 Å². The van der Waals surface area contributed by atoms with Gasteiger partial charge in [-0.2, -0.15) is 0 Å². The van der Waals surface area contributed by atoms with Crippen LogP contribution < -0.4 is 10.6 Å². The molecule has 114 valence electrons. The van der Waals surface area contributed by atoms with E-state index in [1.54, 1.807) is 12.1 Å². The predicted octanol–water partition coefficient (Wildman–Crippen LogP) is 3.39. The lowest BCUT2D eigenvalue weighted by Gasteiger charge is -2.10. The fourth-order valence-electron chi connectivity index (χ4n) is 2.24. The molecule has 0 fully saturated rings. The minimum Gasteiger partial charge on any atom is -0.326 e. The van der Waals surface area contributed by atoms with Gasteiger partial charge in [-0.1, -0.05) is 37.3 Å². The lowest BCUT2D eigenvalue weighted by atomic mass is 10.1. The number of anilines is 2. The molecule has 2 rings (SSSR count). The van der Waals surface area contributed by atoms with Crippen molar-refractivity contribution in [2.75, 3.05) is 10.6 Å². The Morgan fingerprint density at radius 1 is 0.955 bits per heavy atom. The van der Waals surface area contributed by atoms with Crippen molar-refractivity contribution in [3.63, 3.8) is 0 Å². The van der Waals surface area contributed by atoms with Crippen LogP contribution in [0.4, 0.5) is 11.4 Å². The number of carbonyl (C=O) groups is 2. The van der Waals surface area contributed by atoms with Crippen LogP contribution in [-0.4, -0.2) is 11.8 Å². The smallest absolute Gasteiger partial charge is 0.228 e. The normalized spacial score (nSPS) is 10.1. The molecular formula is C18H20N2O2. The lowest BCUT2D eigenvalue weighted by Crippen LogP contribution is -2.15. The van der Waals surface area contributed by atoms with Gasteiger partial charge in [0.05, 0.1) is 6.42 Å². The van der Waals surface area contributed by atoms with E-state index in [0.717, 1.165) is 28.9 Å². The average molecular weight is 296 g/mol.